The second kappa shape index (κ2) is 6.20. The van der Waals surface area contributed by atoms with E-state index in [1.54, 1.807) is 22.9 Å². The average Bonchev–Trinajstić information content (AvgIpc) is 2.84. The second-order valence-electron chi connectivity index (χ2n) is 4.67. The molecule has 0 radical (unpaired) electrons. The first-order chi connectivity index (χ1) is 9.58. The smallest absolute Gasteiger partial charge is 0.274 e. The number of nitrogens with zero attached hydrogens (tertiary/aromatic N) is 5. The van der Waals surface area contributed by atoms with Crippen molar-refractivity contribution in [3.8, 4) is 0 Å². The summed E-state index contributed by atoms with van der Waals surface area (Å²) < 4.78 is 1.57. The van der Waals surface area contributed by atoms with Crippen molar-refractivity contribution in [3.05, 3.63) is 45.8 Å². The lowest BCUT2D eigenvalue weighted by molar-refractivity contribution is -0.385. The highest BCUT2D eigenvalue weighted by Crippen LogP contribution is 2.18. The number of para-hydroxylation sites is 1. The fraction of sp³-hybridized carbons (Fsp3) is 0.417. The van der Waals surface area contributed by atoms with E-state index in [0.717, 1.165) is 0 Å². The van der Waals surface area contributed by atoms with Crippen LogP contribution in [0.2, 0.25) is 0 Å². The number of tetrazole rings is 1. The zero-order valence-electron chi connectivity index (χ0n) is 11.4. The highest BCUT2D eigenvalue weighted by molar-refractivity contribution is 5.39. The highest BCUT2D eigenvalue weighted by atomic mass is 16.6. The van der Waals surface area contributed by atoms with E-state index in [1.165, 1.54) is 6.07 Å². The Labute approximate surface area is 115 Å². The number of rotatable bonds is 6. The molecule has 0 unspecified atom stereocenters. The van der Waals surface area contributed by atoms with Gasteiger partial charge in [-0.1, -0.05) is 32.0 Å². The van der Waals surface area contributed by atoms with E-state index in [2.05, 4.69) is 20.8 Å². The minimum atomic E-state index is -0.397. The third-order valence-corrected chi connectivity index (χ3v) is 2.78. The summed E-state index contributed by atoms with van der Waals surface area (Å²) in [5.41, 5.74) is 0.654. The van der Waals surface area contributed by atoms with Gasteiger partial charge in [-0.25, -0.2) is 4.68 Å². The molecular formula is C12H16N6O2. The van der Waals surface area contributed by atoms with Gasteiger partial charge in [0.05, 0.1) is 23.6 Å². The van der Waals surface area contributed by atoms with Gasteiger partial charge in [0.2, 0.25) is 0 Å². The first-order valence-electron chi connectivity index (χ1n) is 6.28. The molecule has 0 fully saturated rings. The Morgan fingerprint density at radius 3 is 2.85 bits per heavy atom. The Hall–Kier alpha value is -2.35. The van der Waals surface area contributed by atoms with Gasteiger partial charge >= 0.3 is 0 Å². The van der Waals surface area contributed by atoms with Gasteiger partial charge in [0.25, 0.3) is 5.69 Å². The van der Waals surface area contributed by atoms with Crippen LogP contribution in [0.5, 0.6) is 0 Å². The predicted molar refractivity (Wildman–Crippen MR) is 72.0 cm³/mol. The Kier molecular flexibility index (Phi) is 4.36. The van der Waals surface area contributed by atoms with Crippen molar-refractivity contribution < 1.29 is 4.92 Å². The lowest BCUT2D eigenvalue weighted by atomic mass is 10.2. The van der Waals surface area contributed by atoms with E-state index < -0.39 is 4.92 Å². The maximum atomic E-state index is 11.0. The molecule has 2 aromatic rings. The lowest BCUT2D eigenvalue weighted by Gasteiger charge is -2.08. The van der Waals surface area contributed by atoms with E-state index in [0.29, 0.717) is 24.0 Å². The summed E-state index contributed by atoms with van der Waals surface area (Å²) in [6, 6.07) is 6.90. The number of aromatic nitrogens is 4. The molecule has 0 bridgehead atoms. The first kappa shape index (κ1) is 14.1. The van der Waals surface area contributed by atoms with Crippen LogP contribution in [0.1, 0.15) is 25.2 Å². The average molecular weight is 276 g/mol. The third kappa shape index (κ3) is 3.35. The summed E-state index contributed by atoms with van der Waals surface area (Å²) in [4.78, 5) is 10.6. The van der Waals surface area contributed by atoms with Crippen LogP contribution in [-0.2, 0) is 13.1 Å². The molecule has 106 valence electrons. The van der Waals surface area contributed by atoms with Gasteiger partial charge in [-0.15, -0.1) is 5.10 Å². The van der Waals surface area contributed by atoms with Gasteiger partial charge in [0.1, 0.15) is 0 Å². The zero-order chi connectivity index (χ0) is 14.5. The van der Waals surface area contributed by atoms with Crippen LogP contribution in [0.25, 0.3) is 0 Å². The van der Waals surface area contributed by atoms with E-state index in [9.17, 15) is 10.1 Å². The molecule has 8 nitrogen and oxygen atoms in total. The van der Waals surface area contributed by atoms with Crippen LogP contribution in [-0.4, -0.2) is 31.2 Å². The molecule has 0 saturated heterocycles. The second-order valence-corrected chi connectivity index (χ2v) is 4.67. The van der Waals surface area contributed by atoms with Crippen molar-refractivity contribution in [1.29, 1.82) is 0 Å². The molecule has 20 heavy (non-hydrogen) atoms. The van der Waals surface area contributed by atoms with Gasteiger partial charge < -0.3 is 5.32 Å². The number of nitrogens with one attached hydrogen (secondary N) is 1. The molecule has 0 spiro atoms. The van der Waals surface area contributed by atoms with E-state index >= 15 is 0 Å². The molecule has 0 aliphatic carbocycles. The summed E-state index contributed by atoms with van der Waals surface area (Å²) in [5.74, 6) is 0.650. The zero-order valence-corrected chi connectivity index (χ0v) is 11.4. The quantitative estimate of drug-likeness (QED) is 0.627. The minimum Gasteiger partial charge on any atom is -0.308 e. The minimum absolute atomic E-state index is 0.0748. The van der Waals surface area contributed by atoms with Crippen LogP contribution < -0.4 is 5.32 Å². The largest absolute Gasteiger partial charge is 0.308 e. The molecule has 2 rings (SSSR count). The summed E-state index contributed by atoms with van der Waals surface area (Å²) in [6.45, 7) is 4.84. The van der Waals surface area contributed by atoms with Gasteiger partial charge in [-0.2, -0.15) is 0 Å². The van der Waals surface area contributed by atoms with Crippen LogP contribution in [0.3, 0.4) is 0 Å². The molecule has 0 amide bonds. The normalized spacial score (nSPS) is 10.9. The summed E-state index contributed by atoms with van der Waals surface area (Å²) in [5, 5.41) is 25.6. The van der Waals surface area contributed by atoms with Crippen molar-refractivity contribution in [2.75, 3.05) is 0 Å². The number of hydrogen-bond acceptors (Lipinski definition) is 6. The SMILES string of the molecule is CC(C)NCc1nnnn1Cc1ccccc1[N+](=O)[O-]. The monoisotopic (exact) mass is 276 g/mol. The Bertz CT molecular complexity index is 595. The van der Waals surface area contributed by atoms with E-state index in [1.807, 2.05) is 13.8 Å². The number of nitro benzene ring substituents is 1. The Balaban J connectivity index is 2.19. The number of hydrogen-bond donors (Lipinski definition) is 1. The molecule has 1 heterocycles. The molecule has 1 N–H and O–H groups in total. The van der Waals surface area contributed by atoms with Gasteiger partial charge in [0.15, 0.2) is 5.82 Å². The maximum Gasteiger partial charge on any atom is 0.274 e. The summed E-state index contributed by atoms with van der Waals surface area (Å²) in [6.07, 6.45) is 0. The van der Waals surface area contributed by atoms with Crippen LogP contribution in [0, 0.1) is 10.1 Å². The molecule has 1 aromatic heterocycles. The lowest BCUT2D eigenvalue weighted by Crippen LogP contribution is -2.24. The van der Waals surface area contributed by atoms with Crippen molar-refractivity contribution in [2.45, 2.75) is 33.0 Å². The van der Waals surface area contributed by atoms with Gasteiger partial charge in [-0.05, 0) is 10.4 Å². The predicted octanol–water partition coefficient (Wildman–Crippen LogP) is 1.13. The maximum absolute atomic E-state index is 11.0. The fourth-order valence-electron chi connectivity index (χ4n) is 1.75. The summed E-state index contributed by atoms with van der Waals surface area (Å²) in [7, 11) is 0. The topological polar surface area (TPSA) is 98.8 Å². The van der Waals surface area contributed by atoms with Crippen molar-refractivity contribution in [2.24, 2.45) is 0 Å². The third-order valence-electron chi connectivity index (χ3n) is 2.78. The number of nitro groups is 1. The molecule has 0 aliphatic heterocycles. The van der Waals surface area contributed by atoms with E-state index in [-0.39, 0.29) is 12.2 Å². The highest BCUT2D eigenvalue weighted by Gasteiger charge is 2.15. The van der Waals surface area contributed by atoms with Crippen molar-refractivity contribution in [1.82, 2.24) is 25.5 Å². The standard InChI is InChI=1S/C12H16N6O2/c1-9(2)13-7-12-14-15-16-17(12)8-10-5-3-4-6-11(10)18(19)20/h3-6,9,13H,7-8H2,1-2H3. The van der Waals surface area contributed by atoms with Crippen LogP contribution >= 0.6 is 0 Å². The van der Waals surface area contributed by atoms with E-state index in [4.69, 9.17) is 0 Å². The van der Waals surface area contributed by atoms with Crippen LogP contribution in [0.4, 0.5) is 5.69 Å². The Morgan fingerprint density at radius 1 is 1.40 bits per heavy atom. The van der Waals surface area contributed by atoms with Gasteiger partial charge in [0, 0.05) is 12.1 Å². The van der Waals surface area contributed by atoms with Gasteiger partial charge in [-0.3, -0.25) is 10.1 Å². The molecular weight excluding hydrogens is 260 g/mol. The fourth-order valence-corrected chi connectivity index (χ4v) is 1.75. The first-order valence-corrected chi connectivity index (χ1v) is 6.28. The van der Waals surface area contributed by atoms with Crippen LogP contribution in [0.15, 0.2) is 24.3 Å². The number of benzene rings is 1. The van der Waals surface area contributed by atoms with Crippen molar-refractivity contribution >= 4 is 5.69 Å². The van der Waals surface area contributed by atoms with Crippen molar-refractivity contribution in [3.63, 3.8) is 0 Å². The Morgan fingerprint density at radius 2 is 2.15 bits per heavy atom. The molecule has 0 atom stereocenters. The summed E-state index contributed by atoms with van der Waals surface area (Å²) >= 11 is 0. The molecule has 1 aromatic carbocycles. The molecule has 0 aliphatic rings. The molecule has 0 saturated carbocycles. The molecule has 8 heteroatoms.